The molecule has 2 N–H and O–H groups in total. The molecule has 0 aliphatic heterocycles. The van der Waals surface area contributed by atoms with Crippen LogP contribution in [-0.4, -0.2) is 12.6 Å². The highest BCUT2D eigenvalue weighted by atomic mass is 35.5. The molecule has 17 heavy (non-hydrogen) atoms. The Morgan fingerprint density at radius 2 is 2.00 bits per heavy atom. The van der Waals surface area contributed by atoms with Crippen LogP contribution in [0.15, 0.2) is 18.2 Å². The highest BCUT2D eigenvalue weighted by Gasteiger charge is 2.34. The van der Waals surface area contributed by atoms with Gasteiger partial charge in [0.2, 0.25) is 0 Å². The van der Waals surface area contributed by atoms with Gasteiger partial charge in [-0.25, -0.2) is 0 Å². The molecule has 1 aromatic rings. The molecule has 0 spiro atoms. The Morgan fingerprint density at radius 3 is 2.47 bits per heavy atom. The minimum Gasteiger partial charge on any atom is -0.490 e. The maximum absolute atomic E-state index is 12.5. The molecule has 0 fully saturated rings. The average Bonchev–Trinajstić information content (AvgIpc) is 2.14. The first-order valence-corrected chi connectivity index (χ1v) is 4.94. The molecule has 0 bridgehead atoms. The lowest BCUT2D eigenvalue weighted by Crippen LogP contribution is -2.23. The molecule has 7 heteroatoms. The Hall–Kier alpha value is -0.650. The maximum atomic E-state index is 12.5. The molecule has 1 rings (SSSR count). The van der Waals surface area contributed by atoms with Gasteiger partial charge in [-0.1, -0.05) is 17.7 Å². The Bertz CT molecular complexity index is 369. The van der Waals surface area contributed by atoms with Crippen molar-refractivity contribution in [1.82, 2.24) is 0 Å². The highest BCUT2D eigenvalue weighted by Crippen LogP contribution is 2.39. The topological polar surface area (TPSA) is 35.2 Å². The van der Waals surface area contributed by atoms with Crippen LogP contribution in [0.2, 0.25) is 5.02 Å². The lowest BCUT2D eigenvalue weighted by atomic mass is 10.2. The zero-order chi connectivity index (χ0) is 12.3. The van der Waals surface area contributed by atoms with Gasteiger partial charge in [0, 0.05) is 6.04 Å². The average molecular weight is 290 g/mol. The van der Waals surface area contributed by atoms with Crippen molar-refractivity contribution in [3.05, 3.63) is 28.8 Å². The fourth-order valence-corrected chi connectivity index (χ4v) is 1.35. The molecule has 1 unspecified atom stereocenters. The predicted molar refractivity (Wildman–Crippen MR) is 62.8 cm³/mol. The Labute approximate surface area is 108 Å². The Balaban J connectivity index is 0.00000256. The molecule has 1 atom stereocenters. The van der Waals surface area contributed by atoms with Crippen LogP contribution in [-0.2, 0) is 6.18 Å². The molecule has 0 aromatic heterocycles. The monoisotopic (exact) mass is 289 g/mol. The summed E-state index contributed by atoms with van der Waals surface area (Å²) in [6.45, 7) is 1.79. The van der Waals surface area contributed by atoms with Gasteiger partial charge in [0.1, 0.15) is 12.4 Å². The summed E-state index contributed by atoms with van der Waals surface area (Å²) < 4.78 is 42.5. The standard InChI is InChI=1S/C10H11ClF3NO.ClH/c1-6(15)5-16-8-4-2-3-7(9(8)11)10(12,13)14;/h2-4,6H,5,15H2,1H3;1H. The van der Waals surface area contributed by atoms with Crippen molar-refractivity contribution in [1.29, 1.82) is 0 Å². The van der Waals surface area contributed by atoms with E-state index >= 15 is 0 Å². The van der Waals surface area contributed by atoms with E-state index in [1.807, 2.05) is 0 Å². The van der Waals surface area contributed by atoms with Crippen LogP contribution in [0, 0.1) is 0 Å². The van der Waals surface area contributed by atoms with Crippen LogP contribution in [0.3, 0.4) is 0 Å². The van der Waals surface area contributed by atoms with Crippen LogP contribution < -0.4 is 10.5 Å². The summed E-state index contributed by atoms with van der Waals surface area (Å²) in [6.07, 6.45) is -4.48. The van der Waals surface area contributed by atoms with Crippen LogP contribution in [0.4, 0.5) is 13.2 Å². The van der Waals surface area contributed by atoms with Gasteiger partial charge < -0.3 is 10.5 Å². The second-order valence-corrected chi connectivity index (χ2v) is 3.78. The summed E-state index contributed by atoms with van der Waals surface area (Å²) in [4.78, 5) is 0. The number of hydrogen-bond acceptors (Lipinski definition) is 2. The molecule has 0 saturated carbocycles. The number of alkyl halides is 3. The quantitative estimate of drug-likeness (QED) is 0.924. The zero-order valence-corrected chi connectivity index (χ0v) is 10.5. The van der Waals surface area contributed by atoms with Gasteiger partial charge in [0.25, 0.3) is 0 Å². The third kappa shape index (κ3) is 4.61. The maximum Gasteiger partial charge on any atom is 0.417 e. The van der Waals surface area contributed by atoms with Crippen molar-refractivity contribution in [2.75, 3.05) is 6.61 Å². The molecule has 98 valence electrons. The van der Waals surface area contributed by atoms with Crippen molar-refractivity contribution in [2.45, 2.75) is 19.1 Å². The first-order chi connectivity index (χ1) is 7.32. The Kier molecular flexibility index (Phi) is 6.09. The van der Waals surface area contributed by atoms with Crippen LogP contribution in [0.1, 0.15) is 12.5 Å². The van der Waals surface area contributed by atoms with Crippen molar-refractivity contribution in [2.24, 2.45) is 5.73 Å². The molecule has 1 aromatic carbocycles. The number of benzene rings is 1. The van der Waals surface area contributed by atoms with Crippen LogP contribution in [0.5, 0.6) is 5.75 Å². The third-order valence-corrected chi connectivity index (χ3v) is 2.16. The minimum absolute atomic E-state index is 0. The molecule has 0 saturated heterocycles. The van der Waals surface area contributed by atoms with E-state index in [0.717, 1.165) is 6.07 Å². The predicted octanol–water partition coefficient (Wildman–Crippen LogP) is 3.51. The molecule has 0 aliphatic rings. The fraction of sp³-hybridized carbons (Fsp3) is 0.400. The van der Waals surface area contributed by atoms with E-state index in [0.29, 0.717) is 0 Å². The summed E-state index contributed by atoms with van der Waals surface area (Å²) in [5.74, 6) is -0.00575. The van der Waals surface area contributed by atoms with E-state index in [1.165, 1.54) is 12.1 Å². The fourth-order valence-electron chi connectivity index (χ4n) is 1.06. The van der Waals surface area contributed by atoms with Crippen molar-refractivity contribution in [3.63, 3.8) is 0 Å². The van der Waals surface area contributed by atoms with Crippen LogP contribution >= 0.6 is 24.0 Å². The van der Waals surface area contributed by atoms with Crippen LogP contribution in [0.25, 0.3) is 0 Å². The second kappa shape index (κ2) is 6.33. The summed E-state index contributed by atoms with van der Waals surface area (Å²) in [6, 6.07) is 3.25. The van der Waals surface area contributed by atoms with Gasteiger partial charge in [-0.15, -0.1) is 12.4 Å². The lowest BCUT2D eigenvalue weighted by Gasteiger charge is -2.14. The van der Waals surface area contributed by atoms with E-state index in [4.69, 9.17) is 22.1 Å². The zero-order valence-electron chi connectivity index (χ0n) is 8.92. The highest BCUT2D eigenvalue weighted by molar-refractivity contribution is 6.32. The minimum atomic E-state index is -4.48. The number of halogens is 5. The number of rotatable bonds is 3. The van der Waals surface area contributed by atoms with Gasteiger partial charge in [-0.3, -0.25) is 0 Å². The van der Waals surface area contributed by atoms with Crippen molar-refractivity contribution < 1.29 is 17.9 Å². The molecular formula is C10H12Cl2F3NO. The van der Waals surface area contributed by atoms with Gasteiger partial charge in [0.15, 0.2) is 0 Å². The van der Waals surface area contributed by atoms with E-state index in [1.54, 1.807) is 6.92 Å². The molecular weight excluding hydrogens is 278 g/mol. The van der Waals surface area contributed by atoms with Gasteiger partial charge in [-0.2, -0.15) is 13.2 Å². The first kappa shape index (κ1) is 16.4. The summed E-state index contributed by atoms with van der Waals surface area (Å²) in [5.41, 5.74) is 4.52. The third-order valence-electron chi connectivity index (χ3n) is 1.77. The van der Waals surface area contributed by atoms with Gasteiger partial charge >= 0.3 is 6.18 Å². The molecule has 0 heterocycles. The van der Waals surface area contributed by atoms with E-state index in [2.05, 4.69) is 0 Å². The van der Waals surface area contributed by atoms with Crippen molar-refractivity contribution >= 4 is 24.0 Å². The largest absolute Gasteiger partial charge is 0.490 e. The summed E-state index contributed by atoms with van der Waals surface area (Å²) in [7, 11) is 0. The van der Waals surface area contributed by atoms with E-state index < -0.39 is 16.8 Å². The van der Waals surface area contributed by atoms with Gasteiger partial charge in [-0.05, 0) is 19.1 Å². The lowest BCUT2D eigenvalue weighted by molar-refractivity contribution is -0.137. The first-order valence-electron chi connectivity index (χ1n) is 4.56. The molecule has 0 amide bonds. The SMILES string of the molecule is CC(N)COc1cccc(C(F)(F)F)c1Cl.Cl. The van der Waals surface area contributed by atoms with E-state index in [-0.39, 0.29) is 30.8 Å². The smallest absolute Gasteiger partial charge is 0.417 e. The van der Waals surface area contributed by atoms with Gasteiger partial charge in [0.05, 0.1) is 10.6 Å². The molecule has 0 aliphatic carbocycles. The summed E-state index contributed by atoms with van der Waals surface area (Å²) in [5, 5.41) is -0.435. The molecule has 2 nitrogen and oxygen atoms in total. The normalized spacial score (nSPS) is 12.8. The number of ether oxygens (including phenoxy) is 1. The Morgan fingerprint density at radius 1 is 1.41 bits per heavy atom. The number of hydrogen-bond donors (Lipinski definition) is 1. The molecule has 0 radical (unpaired) electrons. The van der Waals surface area contributed by atoms with Crippen molar-refractivity contribution in [3.8, 4) is 5.75 Å². The van der Waals surface area contributed by atoms with E-state index in [9.17, 15) is 13.2 Å². The second-order valence-electron chi connectivity index (χ2n) is 3.40. The number of nitrogens with two attached hydrogens (primary N) is 1. The summed E-state index contributed by atoms with van der Waals surface area (Å²) >= 11 is 5.59.